The van der Waals surface area contributed by atoms with Crippen LogP contribution in [-0.4, -0.2) is 26.2 Å². The van der Waals surface area contributed by atoms with Gasteiger partial charge in [-0.05, 0) is 24.5 Å². The van der Waals surface area contributed by atoms with E-state index in [4.69, 9.17) is 34.0 Å². The van der Waals surface area contributed by atoms with E-state index >= 15 is 0 Å². The van der Waals surface area contributed by atoms with Crippen molar-refractivity contribution in [1.29, 1.82) is 0 Å². The molecule has 0 aliphatic rings. The number of aliphatic hydroxyl groups is 1. The molecule has 0 saturated carbocycles. The van der Waals surface area contributed by atoms with Crippen molar-refractivity contribution in [3.05, 3.63) is 22.2 Å². The molecule has 1 atom stereocenters. The largest absolute Gasteiger partial charge is 0.398 e. The summed E-state index contributed by atoms with van der Waals surface area (Å²) in [5.74, 6) is 0.0178. The van der Waals surface area contributed by atoms with Crippen LogP contribution in [0.1, 0.15) is 20.3 Å². The van der Waals surface area contributed by atoms with Crippen LogP contribution in [0, 0.1) is 5.92 Å². The number of anilines is 1. The maximum atomic E-state index is 12.4. The highest BCUT2D eigenvalue weighted by Gasteiger charge is 2.26. The molecule has 0 saturated heterocycles. The van der Waals surface area contributed by atoms with Crippen LogP contribution in [0.2, 0.25) is 10.0 Å². The van der Waals surface area contributed by atoms with Gasteiger partial charge in [-0.1, -0.05) is 37.0 Å². The van der Waals surface area contributed by atoms with E-state index < -0.39 is 16.1 Å². The number of nitrogen functional groups attached to an aromatic ring is 1. The van der Waals surface area contributed by atoms with Gasteiger partial charge in [0.25, 0.3) is 0 Å². The zero-order valence-electron chi connectivity index (χ0n) is 11.2. The van der Waals surface area contributed by atoms with Gasteiger partial charge in [-0.15, -0.1) is 0 Å². The van der Waals surface area contributed by atoms with Crippen molar-refractivity contribution in [2.24, 2.45) is 5.92 Å². The summed E-state index contributed by atoms with van der Waals surface area (Å²) in [4.78, 5) is -0.188. The molecule has 0 amide bonds. The fraction of sp³-hybridized carbons (Fsp3) is 0.500. The highest BCUT2D eigenvalue weighted by molar-refractivity contribution is 7.89. The smallest absolute Gasteiger partial charge is 0.244 e. The number of nitrogens with two attached hydrogens (primary N) is 1. The van der Waals surface area contributed by atoms with Crippen LogP contribution in [0.5, 0.6) is 0 Å². The fourth-order valence-electron chi connectivity index (χ4n) is 1.79. The second-order valence-corrected chi connectivity index (χ2v) is 7.28. The van der Waals surface area contributed by atoms with Crippen molar-refractivity contribution in [2.75, 3.05) is 12.3 Å². The highest BCUT2D eigenvalue weighted by Crippen LogP contribution is 2.31. The molecule has 1 aromatic rings. The number of rotatable bonds is 6. The van der Waals surface area contributed by atoms with E-state index in [1.54, 1.807) is 0 Å². The van der Waals surface area contributed by atoms with Gasteiger partial charge in [0.15, 0.2) is 0 Å². The number of benzene rings is 1. The molecule has 0 aromatic heterocycles. The van der Waals surface area contributed by atoms with Crippen molar-refractivity contribution in [3.63, 3.8) is 0 Å². The van der Waals surface area contributed by atoms with Crippen molar-refractivity contribution in [3.8, 4) is 0 Å². The Hall–Kier alpha value is -0.530. The molecule has 0 aliphatic heterocycles. The topological polar surface area (TPSA) is 92.4 Å². The van der Waals surface area contributed by atoms with E-state index in [9.17, 15) is 8.42 Å². The Kier molecular flexibility index (Phi) is 6.09. The Morgan fingerprint density at radius 3 is 2.40 bits per heavy atom. The van der Waals surface area contributed by atoms with Crippen LogP contribution in [0.3, 0.4) is 0 Å². The number of hydrogen-bond donors (Lipinski definition) is 3. The zero-order valence-corrected chi connectivity index (χ0v) is 13.6. The SMILES string of the molecule is CC(C)C(CCO)NS(=O)(=O)c1c(N)cc(Cl)cc1Cl. The summed E-state index contributed by atoms with van der Waals surface area (Å²) >= 11 is 11.7. The summed E-state index contributed by atoms with van der Waals surface area (Å²) in [5, 5.41) is 9.23. The van der Waals surface area contributed by atoms with Crippen molar-refractivity contribution in [2.45, 2.75) is 31.2 Å². The van der Waals surface area contributed by atoms with Gasteiger partial charge in [-0.25, -0.2) is 13.1 Å². The van der Waals surface area contributed by atoms with E-state index in [2.05, 4.69) is 4.72 Å². The molecule has 0 radical (unpaired) electrons. The summed E-state index contributed by atoms with van der Waals surface area (Å²) in [6.45, 7) is 3.60. The average Bonchev–Trinajstić information content (AvgIpc) is 2.25. The maximum absolute atomic E-state index is 12.4. The fourth-order valence-corrected chi connectivity index (χ4v) is 4.19. The summed E-state index contributed by atoms with van der Waals surface area (Å²) in [6, 6.07) is 2.25. The molecule has 0 spiro atoms. The van der Waals surface area contributed by atoms with E-state index in [0.29, 0.717) is 6.42 Å². The number of halogens is 2. The molecule has 5 nitrogen and oxygen atoms in total. The van der Waals surface area contributed by atoms with Gasteiger partial charge < -0.3 is 10.8 Å². The van der Waals surface area contributed by atoms with Gasteiger partial charge in [-0.3, -0.25) is 0 Å². The minimum absolute atomic E-state index is 0.0125. The van der Waals surface area contributed by atoms with Crippen LogP contribution in [0.4, 0.5) is 5.69 Å². The molecule has 0 heterocycles. The third-order valence-corrected chi connectivity index (χ3v) is 5.09. The number of aliphatic hydroxyl groups excluding tert-OH is 1. The Morgan fingerprint density at radius 2 is 1.95 bits per heavy atom. The molecule has 114 valence electrons. The lowest BCUT2D eigenvalue weighted by Crippen LogP contribution is -2.39. The summed E-state index contributed by atoms with van der Waals surface area (Å²) in [7, 11) is -3.88. The second-order valence-electron chi connectivity index (χ2n) is 4.79. The highest BCUT2D eigenvalue weighted by atomic mass is 35.5. The summed E-state index contributed by atoms with van der Waals surface area (Å²) in [5.41, 5.74) is 5.68. The van der Waals surface area contributed by atoms with E-state index in [1.807, 2.05) is 13.8 Å². The van der Waals surface area contributed by atoms with Crippen LogP contribution >= 0.6 is 23.2 Å². The van der Waals surface area contributed by atoms with Crippen molar-refractivity contribution in [1.82, 2.24) is 4.72 Å². The average molecular weight is 341 g/mol. The first-order chi connectivity index (χ1) is 9.19. The predicted molar refractivity (Wildman–Crippen MR) is 81.5 cm³/mol. The number of hydrogen-bond acceptors (Lipinski definition) is 4. The molecule has 20 heavy (non-hydrogen) atoms. The first-order valence-corrected chi connectivity index (χ1v) is 8.30. The lowest BCUT2D eigenvalue weighted by molar-refractivity contribution is 0.256. The lowest BCUT2D eigenvalue weighted by atomic mass is 10.0. The Balaban J connectivity index is 3.17. The van der Waals surface area contributed by atoms with Crippen LogP contribution in [-0.2, 0) is 10.0 Å². The van der Waals surface area contributed by atoms with Crippen LogP contribution in [0.15, 0.2) is 17.0 Å². The molecular weight excluding hydrogens is 323 g/mol. The van der Waals surface area contributed by atoms with Crippen molar-refractivity contribution >= 4 is 38.9 Å². The minimum atomic E-state index is -3.88. The molecule has 0 aliphatic carbocycles. The van der Waals surface area contributed by atoms with Crippen LogP contribution < -0.4 is 10.5 Å². The normalized spacial score (nSPS) is 13.7. The predicted octanol–water partition coefficient (Wildman–Crippen LogP) is 2.26. The lowest BCUT2D eigenvalue weighted by Gasteiger charge is -2.22. The van der Waals surface area contributed by atoms with Gasteiger partial charge >= 0.3 is 0 Å². The quantitative estimate of drug-likeness (QED) is 0.692. The first-order valence-electron chi connectivity index (χ1n) is 6.06. The Labute approximate surface area is 129 Å². The van der Waals surface area contributed by atoms with Gasteiger partial charge in [0.1, 0.15) is 4.90 Å². The molecular formula is C12H18Cl2N2O3S. The molecule has 0 fully saturated rings. The molecule has 1 unspecified atom stereocenters. The zero-order chi connectivity index (χ0) is 15.5. The number of nitrogens with one attached hydrogen (secondary N) is 1. The second kappa shape index (κ2) is 6.95. The number of sulfonamides is 1. The minimum Gasteiger partial charge on any atom is -0.398 e. The van der Waals surface area contributed by atoms with Crippen LogP contribution in [0.25, 0.3) is 0 Å². The van der Waals surface area contributed by atoms with E-state index in [0.717, 1.165) is 0 Å². The van der Waals surface area contributed by atoms with Gasteiger partial charge in [-0.2, -0.15) is 0 Å². The van der Waals surface area contributed by atoms with Gasteiger partial charge in [0, 0.05) is 17.7 Å². The maximum Gasteiger partial charge on any atom is 0.244 e. The summed E-state index contributed by atoms with van der Waals surface area (Å²) in [6.07, 6.45) is 0.308. The molecule has 0 bridgehead atoms. The summed E-state index contributed by atoms with van der Waals surface area (Å²) < 4.78 is 27.3. The molecule has 4 N–H and O–H groups in total. The third-order valence-electron chi connectivity index (χ3n) is 2.86. The van der Waals surface area contributed by atoms with Gasteiger partial charge in [0.2, 0.25) is 10.0 Å². The van der Waals surface area contributed by atoms with E-state index in [-0.39, 0.29) is 33.2 Å². The van der Waals surface area contributed by atoms with E-state index in [1.165, 1.54) is 12.1 Å². The third kappa shape index (κ3) is 4.23. The molecule has 1 aromatic carbocycles. The first kappa shape index (κ1) is 17.5. The van der Waals surface area contributed by atoms with Gasteiger partial charge in [0.05, 0.1) is 10.7 Å². The molecule has 1 rings (SSSR count). The molecule has 8 heteroatoms. The standard InChI is InChI=1S/C12H18Cl2N2O3S/c1-7(2)11(3-4-17)16-20(18,19)12-9(14)5-8(13)6-10(12)15/h5-7,11,16-17H,3-4,15H2,1-2H3. The Bertz CT molecular complexity index is 553. The monoisotopic (exact) mass is 340 g/mol. The van der Waals surface area contributed by atoms with Crippen molar-refractivity contribution < 1.29 is 13.5 Å². The Morgan fingerprint density at radius 1 is 1.35 bits per heavy atom.